The first kappa shape index (κ1) is 14.3. The van der Waals surface area contributed by atoms with Crippen LogP contribution in [0.3, 0.4) is 0 Å². The summed E-state index contributed by atoms with van der Waals surface area (Å²) in [5.41, 5.74) is 1.88. The number of ketones is 1. The van der Waals surface area contributed by atoms with Crippen molar-refractivity contribution in [2.75, 3.05) is 6.61 Å². The molecule has 104 valence electrons. The van der Waals surface area contributed by atoms with Crippen LogP contribution in [0.15, 0.2) is 48.5 Å². The molecule has 0 saturated carbocycles. The molecule has 0 heterocycles. The second kappa shape index (κ2) is 6.85. The number of hydrogen-bond donors (Lipinski definition) is 0. The van der Waals surface area contributed by atoms with Crippen molar-refractivity contribution in [3.8, 4) is 5.75 Å². The Bertz CT molecular complexity index is 576. The number of benzene rings is 2. The first-order chi connectivity index (χ1) is 9.69. The van der Waals surface area contributed by atoms with E-state index in [4.69, 9.17) is 4.74 Å². The second-order valence-corrected chi connectivity index (χ2v) is 4.59. The molecule has 0 aliphatic heterocycles. The number of rotatable bonds is 6. The van der Waals surface area contributed by atoms with E-state index in [-0.39, 0.29) is 24.6 Å². The minimum absolute atomic E-state index is 0.0254. The third-order valence-electron chi connectivity index (χ3n) is 3.06. The molecule has 20 heavy (non-hydrogen) atoms. The topological polar surface area (TPSA) is 26.3 Å². The SMILES string of the molecule is CCc1ccccc1OCC(=O)Cc1ccc(F)cc1. The molecule has 2 aromatic rings. The number of carbonyl (C=O) groups is 1. The summed E-state index contributed by atoms with van der Waals surface area (Å²) in [6, 6.07) is 13.6. The van der Waals surface area contributed by atoms with Crippen LogP contribution in [0.5, 0.6) is 5.75 Å². The van der Waals surface area contributed by atoms with Crippen LogP contribution in [0.2, 0.25) is 0 Å². The molecule has 0 fully saturated rings. The highest BCUT2D eigenvalue weighted by molar-refractivity contribution is 5.82. The molecule has 0 unspecified atom stereocenters. The van der Waals surface area contributed by atoms with Gasteiger partial charge in [-0.25, -0.2) is 4.39 Å². The molecule has 2 nitrogen and oxygen atoms in total. The van der Waals surface area contributed by atoms with Crippen molar-refractivity contribution < 1.29 is 13.9 Å². The third kappa shape index (κ3) is 3.92. The van der Waals surface area contributed by atoms with Gasteiger partial charge < -0.3 is 4.74 Å². The maximum Gasteiger partial charge on any atom is 0.174 e. The number of ether oxygens (including phenoxy) is 1. The molecule has 0 amide bonds. The molecule has 2 rings (SSSR count). The van der Waals surface area contributed by atoms with E-state index < -0.39 is 0 Å². The predicted octanol–water partition coefficient (Wildman–Crippen LogP) is 3.58. The summed E-state index contributed by atoms with van der Waals surface area (Å²) in [6.07, 6.45) is 1.12. The third-order valence-corrected chi connectivity index (χ3v) is 3.06. The maximum absolute atomic E-state index is 12.8. The Kier molecular flexibility index (Phi) is 4.88. The highest BCUT2D eigenvalue weighted by Crippen LogP contribution is 2.18. The first-order valence-electron chi connectivity index (χ1n) is 6.66. The Morgan fingerprint density at radius 1 is 1.10 bits per heavy atom. The first-order valence-corrected chi connectivity index (χ1v) is 6.66. The molecule has 0 bridgehead atoms. The molecule has 0 spiro atoms. The molecule has 3 heteroatoms. The Morgan fingerprint density at radius 2 is 1.80 bits per heavy atom. The average molecular weight is 272 g/mol. The molecule has 0 atom stereocenters. The summed E-state index contributed by atoms with van der Waals surface area (Å²) in [6.45, 7) is 2.08. The van der Waals surface area contributed by atoms with Crippen LogP contribution >= 0.6 is 0 Å². The van der Waals surface area contributed by atoms with Crippen LogP contribution in [0.25, 0.3) is 0 Å². The van der Waals surface area contributed by atoms with Gasteiger partial charge in [-0.1, -0.05) is 37.3 Å². The minimum atomic E-state index is -0.297. The van der Waals surface area contributed by atoms with Gasteiger partial charge in [0.2, 0.25) is 0 Å². The number of hydrogen-bond acceptors (Lipinski definition) is 2. The summed E-state index contributed by atoms with van der Waals surface area (Å²) in [7, 11) is 0. The fourth-order valence-electron chi connectivity index (χ4n) is 1.98. The Hall–Kier alpha value is -2.16. The van der Waals surface area contributed by atoms with Gasteiger partial charge >= 0.3 is 0 Å². The van der Waals surface area contributed by atoms with Crippen molar-refractivity contribution in [2.45, 2.75) is 19.8 Å². The molecule has 0 radical (unpaired) electrons. The number of halogens is 1. The van der Waals surface area contributed by atoms with Crippen molar-refractivity contribution in [2.24, 2.45) is 0 Å². The molecule has 0 aliphatic carbocycles. The lowest BCUT2D eigenvalue weighted by molar-refractivity contribution is -0.120. The Labute approximate surface area is 118 Å². The summed E-state index contributed by atoms with van der Waals surface area (Å²) in [5, 5.41) is 0. The van der Waals surface area contributed by atoms with Crippen LogP contribution in [0.4, 0.5) is 4.39 Å². The van der Waals surface area contributed by atoms with Crippen LogP contribution < -0.4 is 4.74 Å². The number of para-hydroxylation sites is 1. The number of Topliss-reactive ketones (excluding diaryl/α,β-unsaturated/α-hetero) is 1. The minimum Gasteiger partial charge on any atom is -0.486 e. The standard InChI is InChI=1S/C17H17FO2/c1-2-14-5-3-4-6-17(14)20-12-16(19)11-13-7-9-15(18)10-8-13/h3-10H,2,11-12H2,1H3. The molecule has 0 saturated heterocycles. The quantitative estimate of drug-likeness (QED) is 0.803. The van der Waals surface area contributed by atoms with E-state index in [9.17, 15) is 9.18 Å². The van der Waals surface area contributed by atoms with Crippen molar-refractivity contribution in [1.29, 1.82) is 0 Å². The zero-order valence-corrected chi connectivity index (χ0v) is 11.4. The zero-order chi connectivity index (χ0) is 14.4. The van der Waals surface area contributed by atoms with E-state index in [1.165, 1.54) is 12.1 Å². The van der Waals surface area contributed by atoms with Crippen molar-refractivity contribution in [3.05, 3.63) is 65.5 Å². The number of carbonyl (C=O) groups excluding carboxylic acids is 1. The average Bonchev–Trinajstić information content (AvgIpc) is 2.48. The lowest BCUT2D eigenvalue weighted by atomic mass is 10.1. The van der Waals surface area contributed by atoms with Gasteiger partial charge in [0.15, 0.2) is 5.78 Å². The van der Waals surface area contributed by atoms with Gasteiger partial charge in [-0.3, -0.25) is 4.79 Å². The fourth-order valence-corrected chi connectivity index (χ4v) is 1.98. The van der Waals surface area contributed by atoms with Crippen molar-refractivity contribution >= 4 is 5.78 Å². The largest absolute Gasteiger partial charge is 0.486 e. The molecule has 0 aliphatic rings. The molecule has 2 aromatic carbocycles. The molecule has 0 N–H and O–H groups in total. The van der Waals surface area contributed by atoms with Gasteiger partial charge in [-0.2, -0.15) is 0 Å². The van der Waals surface area contributed by atoms with Crippen molar-refractivity contribution in [1.82, 2.24) is 0 Å². The van der Waals surface area contributed by atoms with E-state index in [0.29, 0.717) is 0 Å². The maximum atomic E-state index is 12.8. The van der Waals surface area contributed by atoms with E-state index in [1.54, 1.807) is 12.1 Å². The second-order valence-electron chi connectivity index (χ2n) is 4.59. The molecule has 0 aromatic heterocycles. The van der Waals surface area contributed by atoms with Gasteiger partial charge in [-0.05, 0) is 35.7 Å². The van der Waals surface area contributed by atoms with Crippen LogP contribution in [-0.2, 0) is 17.6 Å². The fraction of sp³-hybridized carbons (Fsp3) is 0.235. The normalized spacial score (nSPS) is 10.3. The van der Waals surface area contributed by atoms with Gasteiger partial charge in [0, 0.05) is 6.42 Å². The Balaban J connectivity index is 1.90. The van der Waals surface area contributed by atoms with Gasteiger partial charge in [0.25, 0.3) is 0 Å². The van der Waals surface area contributed by atoms with Crippen molar-refractivity contribution in [3.63, 3.8) is 0 Å². The van der Waals surface area contributed by atoms with E-state index >= 15 is 0 Å². The summed E-state index contributed by atoms with van der Waals surface area (Å²) in [5.74, 6) is 0.430. The van der Waals surface area contributed by atoms with Crippen LogP contribution in [-0.4, -0.2) is 12.4 Å². The van der Waals surface area contributed by atoms with Crippen LogP contribution in [0, 0.1) is 5.82 Å². The van der Waals surface area contributed by atoms with Gasteiger partial charge in [0.1, 0.15) is 18.2 Å². The molecular formula is C17H17FO2. The van der Waals surface area contributed by atoms with Crippen LogP contribution in [0.1, 0.15) is 18.1 Å². The van der Waals surface area contributed by atoms with E-state index in [0.717, 1.165) is 23.3 Å². The summed E-state index contributed by atoms with van der Waals surface area (Å²) >= 11 is 0. The highest BCUT2D eigenvalue weighted by atomic mass is 19.1. The molecular weight excluding hydrogens is 255 g/mol. The smallest absolute Gasteiger partial charge is 0.174 e. The van der Waals surface area contributed by atoms with Gasteiger partial charge in [0.05, 0.1) is 0 Å². The summed E-state index contributed by atoms with van der Waals surface area (Å²) in [4.78, 5) is 11.9. The Morgan fingerprint density at radius 3 is 2.50 bits per heavy atom. The summed E-state index contributed by atoms with van der Waals surface area (Å²) < 4.78 is 18.3. The zero-order valence-electron chi connectivity index (χ0n) is 11.4. The van der Waals surface area contributed by atoms with Gasteiger partial charge in [-0.15, -0.1) is 0 Å². The number of aryl methyl sites for hydroxylation is 1. The monoisotopic (exact) mass is 272 g/mol. The predicted molar refractivity (Wildman–Crippen MR) is 76.4 cm³/mol. The van der Waals surface area contributed by atoms with E-state index in [1.807, 2.05) is 31.2 Å². The highest BCUT2D eigenvalue weighted by Gasteiger charge is 2.07. The lowest BCUT2D eigenvalue weighted by Crippen LogP contribution is -2.14. The van der Waals surface area contributed by atoms with E-state index in [2.05, 4.69) is 0 Å². The lowest BCUT2D eigenvalue weighted by Gasteiger charge is -2.09.